The monoisotopic (exact) mass is 108 g/mol. The highest BCUT2D eigenvalue weighted by molar-refractivity contribution is 5.76. The first-order chi connectivity index (χ1) is 3.83. The lowest BCUT2D eigenvalue weighted by atomic mass is 10.2. The van der Waals surface area contributed by atoms with Crippen LogP contribution in [-0.2, 0) is 4.79 Å². The predicted molar refractivity (Wildman–Crippen MR) is 32.5 cm³/mol. The second-order valence-corrected chi connectivity index (χ2v) is 2.05. The van der Waals surface area contributed by atoms with Crippen molar-refractivity contribution in [2.75, 3.05) is 0 Å². The van der Waals surface area contributed by atoms with Gasteiger partial charge in [0.1, 0.15) is 6.29 Å². The molecule has 0 aromatic heterocycles. The van der Waals surface area contributed by atoms with Gasteiger partial charge in [-0.05, 0) is 18.9 Å². The van der Waals surface area contributed by atoms with E-state index in [2.05, 4.69) is 0 Å². The van der Waals surface area contributed by atoms with Crippen LogP contribution in [0.3, 0.4) is 0 Å². The molecule has 0 N–H and O–H groups in total. The largest absolute Gasteiger partial charge is 0.298 e. The normalized spacial score (nSPS) is 17.6. The summed E-state index contributed by atoms with van der Waals surface area (Å²) in [7, 11) is 0. The molecular formula is C7H8O. The summed E-state index contributed by atoms with van der Waals surface area (Å²) in [6.45, 7) is 2.02. The van der Waals surface area contributed by atoms with Crippen LogP contribution >= 0.6 is 0 Å². The van der Waals surface area contributed by atoms with Crippen molar-refractivity contribution in [3.63, 3.8) is 0 Å². The van der Waals surface area contributed by atoms with Crippen molar-refractivity contribution in [2.24, 2.45) is 0 Å². The first-order valence-electron chi connectivity index (χ1n) is 2.64. The van der Waals surface area contributed by atoms with E-state index in [1.54, 1.807) is 0 Å². The van der Waals surface area contributed by atoms with Gasteiger partial charge in [0.15, 0.2) is 0 Å². The van der Waals surface area contributed by atoms with Gasteiger partial charge in [-0.2, -0.15) is 0 Å². The van der Waals surface area contributed by atoms with E-state index in [0.717, 1.165) is 18.3 Å². The number of rotatable bonds is 1. The highest BCUT2D eigenvalue weighted by atomic mass is 16.1. The Morgan fingerprint density at radius 2 is 2.38 bits per heavy atom. The molecule has 0 amide bonds. The lowest BCUT2D eigenvalue weighted by Crippen LogP contribution is -1.77. The molecule has 1 aliphatic rings. The summed E-state index contributed by atoms with van der Waals surface area (Å²) in [4.78, 5) is 10.1. The number of hydrogen-bond donors (Lipinski definition) is 0. The van der Waals surface area contributed by atoms with E-state index in [1.165, 1.54) is 5.57 Å². The minimum Gasteiger partial charge on any atom is -0.298 e. The van der Waals surface area contributed by atoms with Crippen molar-refractivity contribution in [1.82, 2.24) is 0 Å². The summed E-state index contributed by atoms with van der Waals surface area (Å²) in [5.74, 6) is 0. The molecule has 0 fully saturated rings. The summed E-state index contributed by atoms with van der Waals surface area (Å²) in [6.07, 6.45) is 5.60. The molecule has 0 aromatic carbocycles. The molecule has 0 unspecified atom stereocenters. The van der Waals surface area contributed by atoms with Gasteiger partial charge < -0.3 is 0 Å². The Labute approximate surface area is 48.7 Å². The molecule has 0 radical (unpaired) electrons. The van der Waals surface area contributed by atoms with E-state index in [4.69, 9.17) is 0 Å². The third-order valence-electron chi connectivity index (χ3n) is 1.22. The Balaban J connectivity index is 2.61. The topological polar surface area (TPSA) is 17.1 Å². The number of aldehydes is 1. The summed E-state index contributed by atoms with van der Waals surface area (Å²) in [5, 5.41) is 0. The third kappa shape index (κ3) is 0.861. The molecule has 0 aliphatic heterocycles. The van der Waals surface area contributed by atoms with Gasteiger partial charge in [-0.25, -0.2) is 0 Å². The Bertz CT molecular complexity index is 163. The smallest absolute Gasteiger partial charge is 0.146 e. The van der Waals surface area contributed by atoms with Crippen molar-refractivity contribution < 1.29 is 4.79 Å². The lowest BCUT2D eigenvalue weighted by molar-refractivity contribution is -0.104. The van der Waals surface area contributed by atoms with Crippen LogP contribution in [-0.4, -0.2) is 6.29 Å². The second kappa shape index (κ2) is 1.95. The molecule has 1 aliphatic carbocycles. The van der Waals surface area contributed by atoms with E-state index >= 15 is 0 Å². The molecule has 0 saturated carbocycles. The standard InChI is InChI=1S/C7H8O/c1-6-2-3-7(4-6)5-8/h2-3,5H,4H2,1H3. The average Bonchev–Trinajstić information content (AvgIpc) is 2.14. The molecule has 0 atom stereocenters. The molecule has 42 valence electrons. The van der Waals surface area contributed by atoms with Crippen LogP contribution in [0.15, 0.2) is 23.3 Å². The van der Waals surface area contributed by atoms with E-state index in [9.17, 15) is 4.79 Å². The minimum atomic E-state index is 0.851. The Hall–Kier alpha value is -0.850. The van der Waals surface area contributed by atoms with Gasteiger partial charge >= 0.3 is 0 Å². The van der Waals surface area contributed by atoms with Crippen molar-refractivity contribution in [3.05, 3.63) is 23.3 Å². The number of carbonyl (C=O) groups excluding carboxylic acids is 1. The van der Waals surface area contributed by atoms with Crippen molar-refractivity contribution >= 4 is 6.29 Å². The number of allylic oxidation sites excluding steroid dienone is 4. The predicted octanol–water partition coefficient (Wildman–Crippen LogP) is 1.46. The molecule has 0 bridgehead atoms. The number of hydrogen-bond acceptors (Lipinski definition) is 1. The summed E-state index contributed by atoms with van der Waals surface area (Å²) < 4.78 is 0. The minimum absolute atomic E-state index is 0.851. The SMILES string of the molecule is CC1=CC=C(C=O)C1. The Morgan fingerprint density at radius 1 is 1.62 bits per heavy atom. The molecule has 0 aromatic rings. The van der Waals surface area contributed by atoms with Gasteiger partial charge in [-0.3, -0.25) is 4.79 Å². The molecule has 1 nitrogen and oxygen atoms in total. The zero-order valence-corrected chi connectivity index (χ0v) is 4.85. The van der Waals surface area contributed by atoms with Gasteiger partial charge in [0, 0.05) is 0 Å². The molecule has 0 heterocycles. The van der Waals surface area contributed by atoms with Crippen LogP contribution in [0.4, 0.5) is 0 Å². The first-order valence-corrected chi connectivity index (χ1v) is 2.64. The van der Waals surface area contributed by atoms with Crippen LogP contribution < -0.4 is 0 Å². The van der Waals surface area contributed by atoms with Gasteiger partial charge in [0.05, 0.1) is 0 Å². The zero-order chi connectivity index (χ0) is 5.98. The fourth-order valence-electron chi connectivity index (χ4n) is 0.770. The van der Waals surface area contributed by atoms with E-state index in [-0.39, 0.29) is 0 Å². The van der Waals surface area contributed by atoms with Crippen molar-refractivity contribution in [1.29, 1.82) is 0 Å². The first kappa shape index (κ1) is 5.29. The summed E-state index contributed by atoms with van der Waals surface area (Å²) >= 11 is 0. The van der Waals surface area contributed by atoms with Crippen LogP contribution in [0.25, 0.3) is 0 Å². The number of carbonyl (C=O) groups is 1. The third-order valence-corrected chi connectivity index (χ3v) is 1.22. The van der Waals surface area contributed by atoms with Gasteiger partial charge in [0.25, 0.3) is 0 Å². The maximum absolute atomic E-state index is 10.1. The molecule has 1 heteroatoms. The summed E-state index contributed by atoms with van der Waals surface area (Å²) in [5.41, 5.74) is 2.16. The van der Waals surface area contributed by atoms with Crippen molar-refractivity contribution in [3.8, 4) is 0 Å². The molecule has 0 saturated heterocycles. The molecular weight excluding hydrogens is 100 g/mol. The van der Waals surface area contributed by atoms with Gasteiger partial charge in [-0.1, -0.05) is 17.7 Å². The Kier molecular flexibility index (Phi) is 1.29. The van der Waals surface area contributed by atoms with Gasteiger partial charge in [0.2, 0.25) is 0 Å². The maximum Gasteiger partial charge on any atom is 0.146 e. The van der Waals surface area contributed by atoms with Crippen LogP contribution in [0, 0.1) is 0 Å². The maximum atomic E-state index is 10.1. The second-order valence-electron chi connectivity index (χ2n) is 2.05. The Morgan fingerprint density at radius 3 is 2.62 bits per heavy atom. The fourth-order valence-corrected chi connectivity index (χ4v) is 0.770. The van der Waals surface area contributed by atoms with Crippen molar-refractivity contribution in [2.45, 2.75) is 13.3 Å². The van der Waals surface area contributed by atoms with E-state index in [1.807, 2.05) is 19.1 Å². The highest BCUT2D eigenvalue weighted by Gasteiger charge is 2.00. The van der Waals surface area contributed by atoms with Gasteiger partial charge in [-0.15, -0.1) is 0 Å². The fraction of sp³-hybridized carbons (Fsp3) is 0.286. The lowest BCUT2D eigenvalue weighted by Gasteiger charge is -1.86. The molecule has 1 rings (SSSR count). The highest BCUT2D eigenvalue weighted by Crippen LogP contribution is 2.14. The molecule has 8 heavy (non-hydrogen) atoms. The van der Waals surface area contributed by atoms with E-state index in [0.29, 0.717) is 0 Å². The zero-order valence-electron chi connectivity index (χ0n) is 4.85. The summed E-state index contributed by atoms with van der Waals surface area (Å²) in [6, 6.07) is 0. The average molecular weight is 108 g/mol. The van der Waals surface area contributed by atoms with Crippen LogP contribution in [0.1, 0.15) is 13.3 Å². The molecule has 0 spiro atoms. The van der Waals surface area contributed by atoms with Crippen LogP contribution in [0.2, 0.25) is 0 Å². The quantitative estimate of drug-likeness (QED) is 0.465. The van der Waals surface area contributed by atoms with Crippen LogP contribution in [0.5, 0.6) is 0 Å². The van der Waals surface area contributed by atoms with E-state index < -0.39 is 0 Å².